The quantitative estimate of drug-likeness (QED) is 0.731. The molecule has 2 rings (SSSR count). The van der Waals surface area contributed by atoms with Gasteiger partial charge in [-0.2, -0.15) is 0 Å². The van der Waals surface area contributed by atoms with Crippen LogP contribution in [0.1, 0.15) is 5.56 Å². The molecule has 19 heavy (non-hydrogen) atoms. The summed E-state index contributed by atoms with van der Waals surface area (Å²) in [6.45, 7) is 0.325. The van der Waals surface area contributed by atoms with Crippen LogP contribution in [0.15, 0.2) is 40.9 Å². The van der Waals surface area contributed by atoms with Gasteiger partial charge in [-0.25, -0.2) is 0 Å². The smallest absolute Gasteiger partial charge is 0.156 e. The molecule has 0 fully saturated rings. The second kappa shape index (κ2) is 6.51. The van der Waals surface area contributed by atoms with Crippen LogP contribution in [0, 0.1) is 0 Å². The Bertz CT molecular complexity index is 567. The van der Waals surface area contributed by atoms with Crippen molar-refractivity contribution in [3.8, 4) is 11.5 Å². The van der Waals surface area contributed by atoms with Gasteiger partial charge in [0.2, 0.25) is 0 Å². The van der Waals surface area contributed by atoms with Crippen molar-refractivity contribution in [2.24, 2.45) is 0 Å². The van der Waals surface area contributed by atoms with Gasteiger partial charge in [0.15, 0.2) is 5.75 Å². The second-order valence-electron chi connectivity index (χ2n) is 3.80. The largest absolute Gasteiger partial charge is 0.496 e. The number of rotatable bonds is 4. The Hall–Kier alpha value is -0.900. The van der Waals surface area contributed by atoms with E-state index in [2.05, 4.69) is 15.9 Å². The summed E-state index contributed by atoms with van der Waals surface area (Å²) in [7, 11) is 1.62. The molecule has 0 saturated heterocycles. The Morgan fingerprint density at radius 3 is 2.42 bits per heavy atom. The van der Waals surface area contributed by atoms with Crippen molar-refractivity contribution in [2.75, 3.05) is 7.11 Å². The Kier molecular flexibility index (Phi) is 4.97. The van der Waals surface area contributed by atoms with Crippen LogP contribution in [0.5, 0.6) is 11.5 Å². The first-order chi connectivity index (χ1) is 9.11. The minimum atomic E-state index is 0.325. The lowest BCUT2D eigenvalue weighted by atomic mass is 10.2. The van der Waals surface area contributed by atoms with Crippen LogP contribution in [0.2, 0.25) is 10.0 Å². The molecule has 0 aromatic heterocycles. The number of halogens is 3. The molecule has 0 saturated carbocycles. The molecule has 5 heteroatoms. The molecular weight excluding hydrogens is 351 g/mol. The fourth-order valence-electron chi connectivity index (χ4n) is 1.63. The highest BCUT2D eigenvalue weighted by Crippen LogP contribution is 2.34. The van der Waals surface area contributed by atoms with E-state index < -0.39 is 0 Å². The molecular formula is C14H11BrCl2O2. The van der Waals surface area contributed by atoms with E-state index >= 15 is 0 Å². The number of hydrogen-bond donors (Lipinski definition) is 0. The maximum Gasteiger partial charge on any atom is 0.156 e. The monoisotopic (exact) mass is 360 g/mol. The van der Waals surface area contributed by atoms with E-state index in [1.807, 2.05) is 18.2 Å². The average molecular weight is 362 g/mol. The predicted octanol–water partition coefficient (Wildman–Crippen LogP) is 5.34. The first-order valence-corrected chi connectivity index (χ1v) is 7.06. The van der Waals surface area contributed by atoms with Crippen LogP contribution in [0.3, 0.4) is 0 Å². The maximum absolute atomic E-state index is 6.05. The molecule has 100 valence electrons. The van der Waals surface area contributed by atoms with E-state index in [0.717, 1.165) is 15.8 Å². The van der Waals surface area contributed by atoms with E-state index in [-0.39, 0.29) is 0 Å². The standard InChI is InChI=1S/C14H11BrCl2O2/c1-18-13-6-5-10(15)7-9(13)8-19-14-11(16)3-2-4-12(14)17/h2-7H,8H2,1H3. The van der Waals surface area contributed by atoms with Crippen molar-refractivity contribution in [1.29, 1.82) is 0 Å². The van der Waals surface area contributed by atoms with Crippen molar-refractivity contribution in [3.05, 3.63) is 56.5 Å². The minimum absolute atomic E-state index is 0.325. The number of benzene rings is 2. The number of para-hydroxylation sites is 1. The summed E-state index contributed by atoms with van der Waals surface area (Å²) in [6.07, 6.45) is 0. The highest BCUT2D eigenvalue weighted by atomic mass is 79.9. The first kappa shape index (κ1) is 14.5. The van der Waals surface area contributed by atoms with Gasteiger partial charge in [0, 0.05) is 10.0 Å². The van der Waals surface area contributed by atoms with Gasteiger partial charge in [-0.3, -0.25) is 0 Å². The molecule has 0 N–H and O–H groups in total. The van der Waals surface area contributed by atoms with Crippen molar-refractivity contribution in [2.45, 2.75) is 6.61 Å². The fraction of sp³-hybridized carbons (Fsp3) is 0.143. The van der Waals surface area contributed by atoms with Crippen LogP contribution < -0.4 is 9.47 Å². The van der Waals surface area contributed by atoms with Crippen molar-refractivity contribution < 1.29 is 9.47 Å². The summed E-state index contributed by atoms with van der Waals surface area (Å²) in [5.74, 6) is 1.24. The van der Waals surface area contributed by atoms with Crippen LogP contribution in [-0.2, 0) is 6.61 Å². The lowest BCUT2D eigenvalue weighted by molar-refractivity contribution is 0.297. The van der Waals surface area contributed by atoms with Crippen LogP contribution in [0.4, 0.5) is 0 Å². The zero-order valence-corrected chi connectivity index (χ0v) is 13.2. The molecule has 0 bridgehead atoms. The lowest BCUT2D eigenvalue weighted by Crippen LogP contribution is -1.99. The topological polar surface area (TPSA) is 18.5 Å². The highest BCUT2D eigenvalue weighted by Gasteiger charge is 2.09. The number of ether oxygens (including phenoxy) is 2. The van der Waals surface area contributed by atoms with Crippen LogP contribution >= 0.6 is 39.1 Å². The average Bonchev–Trinajstić information content (AvgIpc) is 2.38. The summed E-state index contributed by atoms with van der Waals surface area (Å²) in [4.78, 5) is 0. The normalized spacial score (nSPS) is 10.3. The van der Waals surface area contributed by atoms with Crippen molar-refractivity contribution >= 4 is 39.1 Å². The molecule has 0 amide bonds. The summed E-state index contributed by atoms with van der Waals surface area (Å²) in [5.41, 5.74) is 0.910. The van der Waals surface area contributed by atoms with Crippen molar-refractivity contribution in [1.82, 2.24) is 0 Å². The molecule has 2 aromatic rings. The molecule has 0 aliphatic rings. The lowest BCUT2D eigenvalue weighted by Gasteiger charge is -2.12. The fourth-order valence-corrected chi connectivity index (χ4v) is 2.55. The van der Waals surface area contributed by atoms with Gasteiger partial charge in [-0.05, 0) is 30.3 Å². The first-order valence-electron chi connectivity index (χ1n) is 5.51. The molecule has 0 radical (unpaired) electrons. The number of methoxy groups -OCH3 is 1. The third kappa shape index (κ3) is 3.56. The third-order valence-electron chi connectivity index (χ3n) is 2.53. The maximum atomic E-state index is 6.05. The molecule has 0 aliphatic carbocycles. The molecule has 0 heterocycles. The third-order valence-corrected chi connectivity index (χ3v) is 3.62. The zero-order chi connectivity index (χ0) is 13.8. The van der Waals surface area contributed by atoms with Gasteiger partial charge in [0.25, 0.3) is 0 Å². The van der Waals surface area contributed by atoms with Gasteiger partial charge in [-0.15, -0.1) is 0 Å². The minimum Gasteiger partial charge on any atom is -0.496 e. The van der Waals surface area contributed by atoms with Gasteiger partial charge >= 0.3 is 0 Å². The summed E-state index contributed by atoms with van der Waals surface area (Å²) >= 11 is 15.5. The van der Waals surface area contributed by atoms with Crippen LogP contribution in [0.25, 0.3) is 0 Å². The van der Waals surface area contributed by atoms with E-state index in [9.17, 15) is 0 Å². The second-order valence-corrected chi connectivity index (χ2v) is 5.53. The Labute approximate surface area is 130 Å². The number of hydrogen-bond acceptors (Lipinski definition) is 2. The van der Waals surface area contributed by atoms with Crippen LogP contribution in [-0.4, -0.2) is 7.11 Å². The van der Waals surface area contributed by atoms with E-state index in [1.165, 1.54) is 0 Å². The summed E-state index contributed by atoms with van der Waals surface area (Å²) < 4.78 is 11.9. The molecule has 0 spiro atoms. The molecule has 0 unspecified atom stereocenters. The van der Waals surface area contributed by atoms with Crippen molar-refractivity contribution in [3.63, 3.8) is 0 Å². The molecule has 2 nitrogen and oxygen atoms in total. The van der Waals surface area contributed by atoms with E-state index in [1.54, 1.807) is 25.3 Å². The summed E-state index contributed by atoms with van der Waals surface area (Å²) in [6, 6.07) is 11.0. The molecule has 0 aliphatic heterocycles. The Morgan fingerprint density at radius 1 is 1.11 bits per heavy atom. The zero-order valence-electron chi connectivity index (χ0n) is 10.1. The summed E-state index contributed by atoms with van der Waals surface area (Å²) in [5, 5.41) is 0.975. The van der Waals surface area contributed by atoms with Gasteiger partial charge < -0.3 is 9.47 Å². The highest BCUT2D eigenvalue weighted by molar-refractivity contribution is 9.10. The Morgan fingerprint density at radius 2 is 1.79 bits per heavy atom. The molecule has 0 atom stereocenters. The van der Waals surface area contributed by atoms with E-state index in [4.69, 9.17) is 32.7 Å². The SMILES string of the molecule is COc1ccc(Br)cc1COc1c(Cl)cccc1Cl. The van der Waals surface area contributed by atoms with Gasteiger partial charge in [-0.1, -0.05) is 45.2 Å². The van der Waals surface area contributed by atoms with E-state index in [0.29, 0.717) is 22.4 Å². The predicted molar refractivity (Wildman–Crippen MR) is 81.5 cm³/mol. The van der Waals surface area contributed by atoms with Gasteiger partial charge in [0.1, 0.15) is 12.4 Å². The Balaban J connectivity index is 2.21. The van der Waals surface area contributed by atoms with Gasteiger partial charge in [0.05, 0.1) is 17.2 Å². The molecule has 2 aromatic carbocycles.